The summed E-state index contributed by atoms with van der Waals surface area (Å²) in [7, 11) is 0. The Hall–Kier alpha value is -3.34. The van der Waals surface area contributed by atoms with Crippen LogP contribution >= 0.6 is 11.6 Å². The number of anilines is 2. The SMILES string of the molecule is Cc1cc(C[C@@H](CC(=O)N2CCC(N3CCc4ccccc4NC3=O)CC2)C(=O)N2CCC(N3CCNCC3)CC2)cc(Cl)c1N. The first kappa shape index (κ1) is 32.6. The Balaban J connectivity index is 1.09. The molecule has 4 N–H and O–H groups in total. The average Bonchev–Trinajstić information content (AvgIpc) is 3.25. The van der Waals surface area contributed by atoms with Crippen LogP contribution in [-0.4, -0.2) is 108 Å². The van der Waals surface area contributed by atoms with Gasteiger partial charge in [-0.25, -0.2) is 4.79 Å². The minimum absolute atomic E-state index is 0.00140. The number of nitrogen functional groups attached to an aromatic ring is 1. The number of hydrogen-bond donors (Lipinski definition) is 3. The van der Waals surface area contributed by atoms with Crippen molar-refractivity contribution in [2.45, 2.75) is 64.0 Å². The predicted octanol–water partition coefficient (Wildman–Crippen LogP) is 3.76. The molecule has 10 nitrogen and oxygen atoms in total. The first-order valence-electron chi connectivity index (χ1n) is 17.0. The summed E-state index contributed by atoms with van der Waals surface area (Å²) in [6.45, 7) is 9.30. The topological polar surface area (TPSA) is 114 Å². The van der Waals surface area contributed by atoms with E-state index in [0.717, 1.165) is 80.7 Å². The molecule has 0 radical (unpaired) electrons. The van der Waals surface area contributed by atoms with Gasteiger partial charge in [0.2, 0.25) is 11.8 Å². The lowest BCUT2D eigenvalue weighted by molar-refractivity contribution is -0.143. The summed E-state index contributed by atoms with van der Waals surface area (Å²) in [6, 6.07) is 12.3. The number of nitrogens with zero attached hydrogens (tertiary/aromatic N) is 4. The molecule has 4 aliphatic heterocycles. The number of piperidine rings is 2. The molecule has 0 spiro atoms. The van der Waals surface area contributed by atoms with Gasteiger partial charge in [0.15, 0.2) is 0 Å². The molecule has 4 aliphatic rings. The molecule has 2 aromatic carbocycles. The van der Waals surface area contributed by atoms with Crippen LogP contribution in [0.1, 0.15) is 48.8 Å². The second-order valence-corrected chi connectivity index (χ2v) is 13.8. The third-order valence-electron chi connectivity index (χ3n) is 10.5. The molecule has 11 heteroatoms. The van der Waals surface area contributed by atoms with Crippen LogP contribution in [0.15, 0.2) is 36.4 Å². The maximum Gasteiger partial charge on any atom is 0.322 e. The van der Waals surface area contributed by atoms with Crippen molar-refractivity contribution in [1.82, 2.24) is 24.9 Å². The fourth-order valence-electron chi connectivity index (χ4n) is 7.74. The Labute approximate surface area is 277 Å². The molecular formula is C35H48ClN7O3. The van der Waals surface area contributed by atoms with E-state index in [-0.39, 0.29) is 30.3 Å². The fourth-order valence-corrected chi connectivity index (χ4v) is 8.03. The highest BCUT2D eigenvalue weighted by atomic mass is 35.5. The summed E-state index contributed by atoms with van der Waals surface area (Å²) in [5.74, 6) is -0.429. The molecule has 0 unspecified atom stereocenters. The van der Waals surface area contributed by atoms with Gasteiger partial charge in [-0.3, -0.25) is 14.5 Å². The summed E-state index contributed by atoms with van der Waals surface area (Å²) in [5.41, 5.74) is 10.5. The minimum Gasteiger partial charge on any atom is -0.397 e. The molecule has 3 fully saturated rings. The number of likely N-dealkylation sites (tertiary alicyclic amines) is 2. The summed E-state index contributed by atoms with van der Waals surface area (Å²) in [6.07, 6.45) is 4.76. The molecule has 46 heavy (non-hydrogen) atoms. The van der Waals surface area contributed by atoms with Crippen LogP contribution in [0.4, 0.5) is 16.2 Å². The molecule has 248 valence electrons. The Morgan fingerprint density at radius 2 is 1.61 bits per heavy atom. The predicted molar refractivity (Wildman–Crippen MR) is 182 cm³/mol. The van der Waals surface area contributed by atoms with Gasteiger partial charge in [-0.15, -0.1) is 0 Å². The summed E-state index contributed by atoms with van der Waals surface area (Å²) in [4.78, 5) is 49.3. The van der Waals surface area contributed by atoms with Crippen molar-refractivity contribution in [3.63, 3.8) is 0 Å². The van der Waals surface area contributed by atoms with Crippen molar-refractivity contribution >= 4 is 40.8 Å². The van der Waals surface area contributed by atoms with E-state index in [2.05, 4.69) is 21.6 Å². The number of nitrogens with two attached hydrogens (primary N) is 1. The molecule has 4 amide bonds. The number of carbonyl (C=O) groups excluding carboxylic acids is 3. The smallest absolute Gasteiger partial charge is 0.322 e. The number of urea groups is 1. The van der Waals surface area contributed by atoms with Crippen molar-refractivity contribution < 1.29 is 14.4 Å². The maximum absolute atomic E-state index is 14.1. The Morgan fingerprint density at radius 3 is 2.33 bits per heavy atom. The van der Waals surface area contributed by atoms with Gasteiger partial charge >= 0.3 is 6.03 Å². The van der Waals surface area contributed by atoms with Gasteiger partial charge < -0.3 is 31.1 Å². The summed E-state index contributed by atoms with van der Waals surface area (Å²) < 4.78 is 0. The van der Waals surface area contributed by atoms with E-state index in [4.69, 9.17) is 17.3 Å². The van der Waals surface area contributed by atoms with Crippen LogP contribution < -0.4 is 16.4 Å². The van der Waals surface area contributed by atoms with Crippen molar-refractivity contribution in [1.29, 1.82) is 0 Å². The van der Waals surface area contributed by atoms with Crippen molar-refractivity contribution in [3.05, 3.63) is 58.1 Å². The molecule has 0 aliphatic carbocycles. The third kappa shape index (κ3) is 7.45. The number of rotatable bonds is 7. The number of halogens is 1. The van der Waals surface area contributed by atoms with E-state index in [1.807, 2.05) is 52.0 Å². The average molecular weight is 650 g/mol. The number of aryl methyl sites for hydroxylation is 1. The first-order valence-corrected chi connectivity index (χ1v) is 17.4. The van der Waals surface area contributed by atoms with E-state index in [1.165, 1.54) is 0 Å². The lowest BCUT2D eigenvalue weighted by Crippen LogP contribution is -2.53. The summed E-state index contributed by atoms with van der Waals surface area (Å²) >= 11 is 6.44. The summed E-state index contributed by atoms with van der Waals surface area (Å²) in [5, 5.41) is 6.97. The quantitative estimate of drug-likeness (QED) is 0.394. The van der Waals surface area contributed by atoms with Gasteiger partial charge in [-0.2, -0.15) is 0 Å². The number of nitrogens with one attached hydrogen (secondary N) is 2. The Kier molecular flexibility index (Phi) is 10.4. The van der Waals surface area contributed by atoms with E-state index in [1.54, 1.807) is 0 Å². The fraction of sp³-hybridized carbons (Fsp3) is 0.571. The van der Waals surface area contributed by atoms with Crippen LogP contribution in [0.5, 0.6) is 0 Å². The number of hydrogen-bond acceptors (Lipinski definition) is 6. The molecular weight excluding hydrogens is 602 g/mol. The molecule has 0 bridgehead atoms. The zero-order valence-corrected chi connectivity index (χ0v) is 27.7. The highest BCUT2D eigenvalue weighted by Gasteiger charge is 2.35. The number of para-hydroxylation sites is 1. The highest BCUT2D eigenvalue weighted by Crippen LogP contribution is 2.29. The van der Waals surface area contributed by atoms with Crippen molar-refractivity contribution in [2.24, 2.45) is 5.92 Å². The highest BCUT2D eigenvalue weighted by molar-refractivity contribution is 6.33. The molecule has 0 saturated carbocycles. The maximum atomic E-state index is 14.1. The number of piperazine rings is 1. The van der Waals surface area contributed by atoms with Crippen LogP contribution in [0.25, 0.3) is 0 Å². The second-order valence-electron chi connectivity index (χ2n) is 13.4. The lowest BCUT2D eigenvalue weighted by Gasteiger charge is -2.41. The van der Waals surface area contributed by atoms with Gasteiger partial charge in [0.1, 0.15) is 0 Å². The first-order chi connectivity index (χ1) is 22.3. The Bertz CT molecular complexity index is 1390. The monoisotopic (exact) mass is 649 g/mol. The molecule has 0 aromatic heterocycles. The molecule has 1 atom stereocenters. The molecule has 4 heterocycles. The van der Waals surface area contributed by atoms with E-state index in [0.29, 0.717) is 55.9 Å². The van der Waals surface area contributed by atoms with Crippen molar-refractivity contribution in [3.8, 4) is 0 Å². The standard InChI is InChI=1S/C35H48ClN7O3/c1-24-20-25(22-30(36)33(24)37)21-27(34(45)42-15-7-28(8-16-42)40-18-11-38-12-19-40)23-32(44)41-13-9-29(10-14-41)43-17-6-26-4-2-3-5-31(26)39-35(43)46/h2-5,20,22,27-29,38H,6-19,21,23,37H2,1H3,(H,39,46)/t27-/m0/s1. The van der Waals surface area contributed by atoms with Crippen LogP contribution in [0.2, 0.25) is 5.02 Å². The van der Waals surface area contributed by atoms with Gasteiger partial charge in [0.25, 0.3) is 0 Å². The molecule has 3 saturated heterocycles. The van der Waals surface area contributed by atoms with Crippen LogP contribution in [0.3, 0.4) is 0 Å². The number of benzene rings is 2. The van der Waals surface area contributed by atoms with Gasteiger partial charge in [-0.1, -0.05) is 35.9 Å². The molecule has 6 rings (SSSR count). The largest absolute Gasteiger partial charge is 0.397 e. The minimum atomic E-state index is -0.477. The lowest BCUT2D eigenvalue weighted by atomic mass is 9.91. The van der Waals surface area contributed by atoms with Gasteiger partial charge in [-0.05, 0) is 74.3 Å². The number of carbonyl (C=O) groups is 3. The number of amides is 4. The Morgan fingerprint density at radius 1 is 0.935 bits per heavy atom. The van der Waals surface area contributed by atoms with Gasteiger partial charge in [0, 0.05) is 83.1 Å². The third-order valence-corrected chi connectivity index (χ3v) is 10.8. The zero-order chi connectivity index (χ0) is 32.2. The van der Waals surface area contributed by atoms with E-state index < -0.39 is 5.92 Å². The van der Waals surface area contributed by atoms with Crippen LogP contribution in [-0.2, 0) is 22.4 Å². The van der Waals surface area contributed by atoms with Gasteiger partial charge in [0.05, 0.1) is 16.6 Å². The number of fused-ring (bicyclic) bond motifs is 1. The van der Waals surface area contributed by atoms with E-state index in [9.17, 15) is 14.4 Å². The van der Waals surface area contributed by atoms with E-state index >= 15 is 0 Å². The van der Waals surface area contributed by atoms with Crippen molar-refractivity contribution in [2.75, 3.05) is 70.0 Å². The zero-order valence-electron chi connectivity index (χ0n) is 27.0. The normalized spacial score (nSPS) is 21.0. The second kappa shape index (κ2) is 14.6. The van der Waals surface area contributed by atoms with Crippen LogP contribution in [0, 0.1) is 12.8 Å². The molecule has 2 aromatic rings.